The van der Waals surface area contributed by atoms with Crippen LogP contribution < -0.4 is 10.2 Å². The largest absolute Gasteiger partial charge is 0.496 e. The second-order valence-electron chi connectivity index (χ2n) is 7.64. The highest BCUT2D eigenvalue weighted by Crippen LogP contribution is 2.36. The van der Waals surface area contributed by atoms with Crippen molar-refractivity contribution in [2.75, 3.05) is 20.1 Å². The Labute approximate surface area is 139 Å². The molecular weight excluding hydrogens is 291 g/mol. The molecule has 2 aliphatic rings. The lowest BCUT2D eigenvalue weighted by molar-refractivity contribution is 0.00578. The van der Waals surface area contributed by atoms with E-state index in [1.165, 1.54) is 0 Å². The highest BCUT2D eigenvalue weighted by Gasteiger charge is 2.51. The van der Waals surface area contributed by atoms with Crippen LogP contribution >= 0.6 is 0 Å². The van der Waals surface area contributed by atoms with E-state index in [1.54, 1.807) is 6.20 Å². The van der Waals surface area contributed by atoms with Crippen LogP contribution in [0, 0.1) is 0 Å². The second-order valence-corrected chi connectivity index (χ2v) is 7.64. The maximum absolute atomic E-state index is 6.04. The number of ether oxygens (including phenoxy) is 1. The first-order valence-corrected chi connectivity index (χ1v) is 8.44. The van der Waals surface area contributed by atoms with Crippen molar-refractivity contribution in [3.05, 3.63) is 18.3 Å². The van der Waals surface area contributed by atoms with Gasteiger partial charge in [-0.1, -0.05) is 6.07 Å². The fourth-order valence-electron chi connectivity index (χ4n) is 2.85. The van der Waals surface area contributed by atoms with E-state index < -0.39 is 0 Å². The summed E-state index contributed by atoms with van der Waals surface area (Å²) >= 11 is 0. The number of aromatic nitrogens is 1. The topological polar surface area (TPSA) is 43.8 Å². The van der Waals surface area contributed by atoms with Crippen LogP contribution in [0.4, 0.5) is 0 Å². The zero-order valence-corrected chi connectivity index (χ0v) is 14.8. The summed E-state index contributed by atoms with van der Waals surface area (Å²) in [7, 11) is 1.78. The molecule has 5 nitrogen and oxygen atoms in total. The van der Waals surface area contributed by atoms with Gasteiger partial charge in [-0.25, -0.2) is 4.98 Å². The van der Waals surface area contributed by atoms with Gasteiger partial charge in [0.1, 0.15) is 6.10 Å². The summed E-state index contributed by atoms with van der Waals surface area (Å²) in [6.07, 6.45) is 4.17. The molecule has 0 bridgehead atoms. The Morgan fingerprint density at radius 3 is 2.26 bits per heavy atom. The zero-order chi connectivity index (χ0) is 16.7. The summed E-state index contributed by atoms with van der Waals surface area (Å²) in [6.45, 7) is 10.4. The van der Waals surface area contributed by atoms with Crippen LogP contribution in [-0.4, -0.2) is 54.4 Å². The molecular formula is C17H27BN2O3. The molecule has 0 atom stereocenters. The third kappa shape index (κ3) is 3.54. The number of piperidine rings is 1. The van der Waals surface area contributed by atoms with Crippen molar-refractivity contribution in [3.8, 4) is 5.88 Å². The molecule has 0 amide bonds. The van der Waals surface area contributed by atoms with Gasteiger partial charge in [-0.3, -0.25) is 0 Å². The Kier molecular flexibility index (Phi) is 4.42. The molecule has 2 aliphatic heterocycles. The molecule has 0 aromatic carbocycles. The van der Waals surface area contributed by atoms with Crippen LogP contribution in [0.2, 0.25) is 0 Å². The van der Waals surface area contributed by atoms with Gasteiger partial charge in [0.2, 0.25) is 5.88 Å². The molecule has 3 heterocycles. The first-order chi connectivity index (χ1) is 10.8. The van der Waals surface area contributed by atoms with Crippen LogP contribution in [0.25, 0.3) is 0 Å². The summed E-state index contributed by atoms with van der Waals surface area (Å²) in [5, 5.41) is 0. The standard InChI is InChI=1S/C17H27BN2O3/c1-16(2)17(3,4)23-18(22-16)13-6-7-15(19-12-13)21-14-8-10-20(5)11-9-14/h6-7,12,14H,8-11H2,1-5H3. The lowest BCUT2D eigenvalue weighted by atomic mass is 9.80. The van der Waals surface area contributed by atoms with Crippen molar-refractivity contribution in [2.24, 2.45) is 0 Å². The van der Waals surface area contributed by atoms with Gasteiger partial charge in [-0.2, -0.15) is 0 Å². The molecule has 0 spiro atoms. The number of pyridine rings is 1. The van der Waals surface area contributed by atoms with Crippen molar-refractivity contribution in [3.63, 3.8) is 0 Å². The van der Waals surface area contributed by atoms with Crippen molar-refractivity contribution in [1.29, 1.82) is 0 Å². The molecule has 0 aliphatic carbocycles. The summed E-state index contributed by atoms with van der Waals surface area (Å²) in [5.74, 6) is 0.680. The molecule has 0 unspecified atom stereocenters. The van der Waals surface area contributed by atoms with Gasteiger partial charge in [0.15, 0.2) is 0 Å². The fourth-order valence-corrected chi connectivity index (χ4v) is 2.85. The predicted octanol–water partition coefficient (Wildman–Crippen LogP) is 1.85. The summed E-state index contributed by atoms with van der Waals surface area (Å²) in [4.78, 5) is 6.76. The average Bonchev–Trinajstić information content (AvgIpc) is 2.71. The minimum Gasteiger partial charge on any atom is -0.474 e. The number of nitrogens with zero attached hydrogens (tertiary/aromatic N) is 2. The van der Waals surface area contributed by atoms with Crippen molar-refractivity contribution < 1.29 is 14.0 Å². The molecule has 2 saturated heterocycles. The van der Waals surface area contributed by atoms with E-state index in [0.29, 0.717) is 5.88 Å². The molecule has 0 saturated carbocycles. The third-order valence-electron chi connectivity index (χ3n) is 5.24. The maximum Gasteiger partial charge on any atom is 0.496 e. The van der Waals surface area contributed by atoms with Gasteiger partial charge < -0.3 is 18.9 Å². The average molecular weight is 318 g/mol. The number of hydrogen-bond donors (Lipinski definition) is 0. The quantitative estimate of drug-likeness (QED) is 0.796. The maximum atomic E-state index is 6.04. The number of hydrogen-bond acceptors (Lipinski definition) is 5. The van der Waals surface area contributed by atoms with Crippen LogP contribution in [0.1, 0.15) is 40.5 Å². The SMILES string of the molecule is CN1CCC(Oc2ccc(B3OC(C)(C)C(C)(C)O3)cn2)CC1. The highest BCUT2D eigenvalue weighted by atomic mass is 16.7. The van der Waals surface area contributed by atoms with Crippen LogP contribution in [0.3, 0.4) is 0 Å². The zero-order valence-electron chi connectivity index (χ0n) is 14.8. The molecule has 2 fully saturated rings. The Morgan fingerprint density at radius 2 is 1.74 bits per heavy atom. The summed E-state index contributed by atoms with van der Waals surface area (Å²) in [5.41, 5.74) is 0.265. The molecule has 0 N–H and O–H groups in total. The molecule has 1 aromatic heterocycles. The Balaban J connectivity index is 1.62. The monoisotopic (exact) mass is 318 g/mol. The van der Waals surface area contributed by atoms with E-state index in [4.69, 9.17) is 14.0 Å². The van der Waals surface area contributed by atoms with E-state index >= 15 is 0 Å². The number of rotatable bonds is 3. The Morgan fingerprint density at radius 1 is 1.13 bits per heavy atom. The van der Waals surface area contributed by atoms with Gasteiger partial charge in [-0.15, -0.1) is 0 Å². The summed E-state index contributed by atoms with van der Waals surface area (Å²) < 4.78 is 18.1. The van der Waals surface area contributed by atoms with E-state index in [9.17, 15) is 0 Å². The molecule has 3 rings (SSSR count). The molecule has 1 aromatic rings. The van der Waals surface area contributed by atoms with Crippen molar-refractivity contribution in [1.82, 2.24) is 9.88 Å². The van der Waals surface area contributed by atoms with E-state index in [0.717, 1.165) is 31.4 Å². The Bertz CT molecular complexity index is 523. The van der Waals surface area contributed by atoms with Crippen LogP contribution in [0.5, 0.6) is 5.88 Å². The van der Waals surface area contributed by atoms with E-state index in [2.05, 4.69) is 44.6 Å². The van der Waals surface area contributed by atoms with Gasteiger partial charge in [0, 0.05) is 24.7 Å². The van der Waals surface area contributed by atoms with Gasteiger partial charge in [0.05, 0.1) is 11.2 Å². The smallest absolute Gasteiger partial charge is 0.474 e. The van der Waals surface area contributed by atoms with Crippen molar-refractivity contribution >= 4 is 12.6 Å². The minimum absolute atomic E-state index is 0.265. The fraction of sp³-hybridized carbons (Fsp3) is 0.706. The van der Waals surface area contributed by atoms with E-state index in [-0.39, 0.29) is 24.4 Å². The molecule has 126 valence electrons. The lowest BCUT2D eigenvalue weighted by Gasteiger charge is -2.32. The normalized spacial score (nSPS) is 24.8. The third-order valence-corrected chi connectivity index (χ3v) is 5.24. The van der Waals surface area contributed by atoms with E-state index in [1.807, 2.05) is 12.1 Å². The number of likely N-dealkylation sites (tertiary alicyclic amines) is 1. The molecule has 0 radical (unpaired) electrons. The Hall–Kier alpha value is -1.11. The second kappa shape index (κ2) is 6.08. The highest BCUT2D eigenvalue weighted by molar-refractivity contribution is 6.62. The van der Waals surface area contributed by atoms with Gasteiger partial charge in [-0.05, 0) is 53.7 Å². The minimum atomic E-state index is -0.370. The van der Waals surface area contributed by atoms with Crippen molar-refractivity contribution in [2.45, 2.75) is 57.8 Å². The van der Waals surface area contributed by atoms with Gasteiger partial charge >= 0.3 is 7.12 Å². The first kappa shape index (κ1) is 16.7. The predicted molar refractivity (Wildman–Crippen MR) is 91.1 cm³/mol. The lowest BCUT2D eigenvalue weighted by Crippen LogP contribution is -2.41. The first-order valence-electron chi connectivity index (χ1n) is 8.44. The van der Waals surface area contributed by atoms with Crippen LogP contribution in [0.15, 0.2) is 18.3 Å². The molecule has 6 heteroatoms. The van der Waals surface area contributed by atoms with Gasteiger partial charge in [0.25, 0.3) is 0 Å². The molecule has 23 heavy (non-hydrogen) atoms. The van der Waals surface area contributed by atoms with Crippen LogP contribution in [-0.2, 0) is 9.31 Å². The summed E-state index contributed by atoms with van der Waals surface area (Å²) in [6, 6.07) is 3.90.